The summed E-state index contributed by atoms with van der Waals surface area (Å²) in [6, 6.07) is 77.8. The summed E-state index contributed by atoms with van der Waals surface area (Å²) >= 11 is 1.89. The first kappa shape index (κ1) is 32.4. The van der Waals surface area contributed by atoms with Crippen molar-refractivity contribution in [3.05, 3.63) is 212 Å². The minimum absolute atomic E-state index is 1.11. The predicted molar refractivity (Wildman–Crippen MR) is 243 cm³/mol. The normalized spacial score (nSPS) is 11.6. The van der Waals surface area contributed by atoms with Crippen LogP contribution in [0.5, 0.6) is 0 Å². The van der Waals surface area contributed by atoms with Crippen molar-refractivity contribution in [2.75, 3.05) is 4.90 Å². The largest absolute Gasteiger partial charge is 0.310 e. The highest BCUT2D eigenvalue weighted by Gasteiger charge is 2.18. The maximum atomic E-state index is 2.40. The van der Waals surface area contributed by atoms with Crippen molar-refractivity contribution in [2.24, 2.45) is 0 Å². The molecule has 0 saturated carbocycles. The maximum absolute atomic E-state index is 2.40. The van der Waals surface area contributed by atoms with Crippen LogP contribution in [-0.2, 0) is 0 Å². The quantitative estimate of drug-likeness (QED) is 0.165. The molecule has 0 amide bonds. The highest BCUT2D eigenvalue weighted by Crippen LogP contribution is 2.44. The molecule has 0 aliphatic rings. The second-order valence-corrected chi connectivity index (χ2v) is 15.6. The third kappa shape index (κ3) is 5.62. The first-order chi connectivity index (χ1) is 27.7. The molecule has 0 atom stereocenters. The van der Waals surface area contributed by atoms with E-state index in [-0.39, 0.29) is 0 Å². The Bertz CT molecular complexity index is 3250. The summed E-state index contributed by atoms with van der Waals surface area (Å²) < 4.78 is 2.65. The van der Waals surface area contributed by atoms with Gasteiger partial charge in [0.2, 0.25) is 0 Å². The van der Waals surface area contributed by atoms with Crippen LogP contribution in [0.25, 0.3) is 85.9 Å². The lowest BCUT2D eigenvalue weighted by atomic mass is 9.92. The SMILES string of the molecule is c1ccc(-c2ccccc2N(c2ccc(-c3cc(-c4ccc5c(c4)sc4cc6ccccc6cc45)c4ccccc4c3)cc2)c2ccc3ccccc3c2)cc1. The van der Waals surface area contributed by atoms with E-state index in [0.717, 1.165) is 17.1 Å². The molecule has 0 N–H and O–H groups in total. The number of anilines is 3. The van der Waals surface area contributed by atoms with Gasteiger partial charge < -0.3 is 4.90 Å². The lowest BCUT2D eigenvalue weighted by Crippen LogP contribution is -2.11. The van der Waals surface area contributed by atoms with E-state index in [2.05, 4.69) is 217 Å². The predicted octanol–water partition coefficient (Wildman–Crippen LogP) is 16.0. The molecule has 0 spiro atoms. The van der Waals surface area contributed by atoms with Crippen molar-refractivity contribution in [2.45, 2.75) is 0 Å². The van der Waals surface area contributed by atoms with Crippen LogP contribution >= 0.6 is 11.3 Å². The van der Waals surface area contributed by atoms with Crippen molar-refractivity contribution in [1.82, 2.24) is 0 Å². The van der Waals surface area contributed by atoms with E-state index in [1.54, 1.807) is 0 Å². The molecule has 1 nitrogen and oxygen atoms in total. The van der Waals surface area contributed by atoms with Crippen molar-refractivity contribution < 1.29 is 0 Å². The average molecular weight is 730 g/mol. The molecule has 0 aliphatic carbocycles. The van der Waals surface area contributed by atoms with Gasteiger partial charge in [-0.3, -0.25) is 0 Å². The third-order valence-electron chi connectivity index (χ3n) is 11.2. The monoisotopic (exact) mass is 729 g/mol. The number of nitrogens with zero attached hydrogens (tertiary/aromatic N) is 1. The smallest absolute Gasteiger partial charge is 0.0540 e. The molecular formula is C54H35NS. The van der Waals surface area contributed by atoms with Gasteiger partial charge in [-0.05, 0) is 121 Å². The fourth-order valence-electron chi connectivity index (χ4n) is 8.42. The van der Waals surface area contributed by atoms with E-state index in [9.17, 15) is 0 Å². The van der Waals surface area contributed by atoms with Crippen molar-refractivity contribution in [1.29, 1.82) is 0 Å². The van der Waals surface area contributed by atoms with Gasteiger partial charge in [0.05, 0.1) is 5.69 Å². The minimum Gasteiger partial charge on any atom is -0.310 e. The Labute approximate surface area is 330 Å². The molecule has 0 saturated heterocycles. The fourth-order valence-corrected chi connectivity index (χ4v) is 9.60. The molecule has 11 aromatic rings. The first-order valence-electron chi connectivity index (χ1n) is 19.2. The highest BCUT2D eigenvalue weighted by molar-refractivity contribution is 7.25. The molecule has 1 aromatic heterocycles. The molecule has 11 rings (SSSR count). The summed E-state index contributed by atoms with van der Waals surface area (Å²) in [5, 5.41) is 10.2. The average Bonchev–Trinajstić information content (AvgIpc) is 3.62. The maximum Gasteiger partial charge on any atom is 0.0540 e. The number of thiophene rings is 1. The molecule has 0 fully saturated rings. The molecule has 10 aromatic carbocycles. The highest BCUT2D eigenvalue weighted by atomic mass is 32.1. The van der Waals surface area contributed by atoms with Crippen LogP contribution in [0, 0.1) is 0 Å². The second kappa shape index (κ2) is 13.4. The third-order valence-corrected chi connectivity index (χ3v) is 12.3. The summed E-state index contributed by atoms with van der Waals surface area (Å²) in [5.41, 5.74) is 10.6. The Hall–Kier alpha value is -7.00. The Morgan fingerprint density at radius 2 is 0.911 bits per heavy atom. The van der Waals surface area contributed by atoms with Gasteiger partial charge in [0, 0.05) is 37.1 Å². The zero-order valence-corrected chi connectivity index (χ0v) is 31.4. The summed E-state index contributed by atoms with van der Waals surface area (Å²) in [6.07, 6.45) is 0. The molecule has 2 heteroatoms. The lowest BCUT2D eigenvalue weighted by Gasteiger charge is -2.28. The number of hydrogen-bond donors (Lipinski definition) is 0. The topological polar surface area (TPSA) is 3.24 Å². The Morgan fingerprint density at radius 1 is 0.286 bits per heavy atom. The van der Waals surface area contributed by atoms with Gasteiger partial charge in [-0.25, -0.2) is 0 Å². The lowest BCUT2D eigenvalue weighted by molar-refractivity contribution is 1.29. The van der Waals surface area contributed by atoms with Gasteiger partial charge in [-0.1, -0.05) is 152 Å². The van der Waals surface area contributed by atoms with Crippen LogP contribution in [0.1, 0.15) is 0 Å². The van der Waals surface area contributed by atoms with Gasteiger partial charge in [-0.2, -0.15) is 0 Å². The molecule has 262 valence electrons. The van der Waals surface area contributed by atoms with E-state index in [1.807, 2.05) is 11.3 Å². The van der Waals surface area contributed by atoms with Gasteiger partial charge >= 0.3 is 0 Å². The van der Waals surface area contributed by atoms with Crippen LogP contribution in [0.3, 0.4) is 0 Å². The molecule has 0 unspecified atom stereocenters. The Balaban J connectivity index is 1.03. The summed E-state index contributed by atoms with van der Waals surface area (Å²) in [6.45, 7) is 0. The summed E-state index contributed by atoms with van der Waals surface area (Å²) in [7, 11) is 0. The van der Waals surface area contributed by atoms with Crippen LogP contribution in [-0.4, -0.2) is 0 Å². The van der Waals surface area contributed by atoms with E-state index < -0.39 is 0 Å². The van der Waals surface area contributed by atoms with Crippen LogP contribution in [0.4, 0.5) is 17.1 Å². The summed E-state index contributed by atoms with van der Waals surface area (Å²) in [5.74, 6) is 0. The molecule has 0 bridgehead atoms. The summed E-state index contributed by atoms with van der Waals surface area (Å²) in [4.78, 5) is 2.40. The van der Waals surface area contributed by atoms with E-state index in [0.29, 0.717) is 0 Å². The first-order valence-corrected chi connectivity index (χ1v) is 20.0. The van der Waals surface area contributed by atoms with Gasteiger partial charge in [-0.15, -0.1) is 11.3 Å². The molecule has 0 aliphatic heterocycles. The van der Waals surface area contributed by atoms with Crippen molar-refractivity contribution >= 4 is 80.9 Å². The van der Waals surface area contributed by atoms with Gasteiger partial charge in [0.1, 0.15) is 0 Å². The number of para-hydroxylation sites is 1. The fraction of sp³-hybridized carbons (Fsp3) is 0. The molecule has 1 heterocycles. The number of rotatable bonds is 6. The standard InChI is InChI=1S/C54H35NS/c1-2-13-38(14-3-1)48-20-10-11-21-52(48)55(46-28-24-36-12-4-5-15-39(36)31-46)45-26-22-37(23-27-45)44-30-42-18-8-9-19-47(42)50(33-44)43-25-29-49-51-32-40-16-6-7-17-41(40)34-54(51)56-53(49)35-43/h1-35H. The number of hydrogen-bond acceptors (Lipinski definition) is 2. The van der Waals surface area contributed by atoms with Gasteiger partial charge in [0.15, 0.2) is 0 Å². The Morgan fingerprint density at radius 3 is 1.73 bits per heavy atom. The Kier molecular flexibility index (Phi) is 7.75. The number of benzene rings is 10. The van der Waals surface area contributed by atoms with Crippen LogP contribution < -0.4 is 4.90 Å². The zero-order chi connectivity index (χ0) is 37.0. The van der Waals surface area contributed by atoms with Crippen molar-refractivity contribution in [3.63, 3.8) is 0 Å². The van der Waals surface area contributed by atoms with Crippen molar-refractivity contribution in [3.8, 4) is 33.4 Å². The molecular weight excluding hydrogens is 695 g/mol. The van der Waals surface area contributed by atoms with Crippen LogP contribution in [0.15, 0.2) is 212 Å². The second-order valence-electron chi connectivity index (χ2n) is 14.6. The van der Waals surface area contributed by atoms with E-state index in [4.69, 9.17) is 0 Å². The zero-order valence-electron chi connectivity index (χ0n) is 30.6. The minimum atomic E-state index is 1.11. The van der Waals surface area contributed by atoms with E-state index in [1.165, 1.54) is 85.9 Å². The number of fused-ring (bicyclic) bond motifs is 6. The van der Waals surface area contributed by atoms with E-state index >= 15 is 0 Å². The molecule has 0 radical (unpaired) electrons. The molecule has 56 heavy (non-hydrogen) atoms. The van der Waals surface area contributed by atoms with Crippen LogP contribution in [0.2, 0.25) is 0 Å². The van der Waals surface area contributed by atoms with Gasteiger partial charge in [0.25, 0.3) is 0 Å².